The number of hydrogen-bond acceptors (Lipinski definition) is 4. The van der Waals surface area contributed by atoms with Crippen LogP contribution in [0.3, 0.4) is 0 Å². The minimum atomic E-state index is -0.334. The SMILES string of the molecule is C=CCn1c(S[C@@H](C)C(=O)NCc2ccccc2Cl)nnc1-c1ccccc1. The summed E-state index contributed by atoms with van der Waals surface area (Å²) in [6, 6.07) is 17.3. The second-order valence-corrected chi connectivity index (χ2v) is 7.86. The van der Waals surface area contributed by atoms with Crippen molar-refractivity contribution in [3.63, 3.8) is 0 Å². The van der Waals surface area contributed by atoms with E-state index in [4.69, 9.17) is 11.6 Å². The number of carbonyl (C=O) groups excluding carboxylic acids is 1. The number of amides is 1. The van der Waals surface area contributed by atoms with Gasteiger partial charge in [0.15, 0.2) is 11.0 Å². The summed E-state index contributed by atoms with van der Waals surface area (Å²) < 4.78 is 1.96. The Morgan fingerprint density at radius 3 is 2.64 bits per heavy atom. The molecule has 0 radical (unpaired) electrons. The minimum Gasteiger partial charge on any atom is -0.351 e. The lowest BCUT2D eigenvalue weighted by Crippen LogP contribution is -2.30. The van der Waals surface area contributed by atoms with Crippen molar-refractivity contribution >= 4 is 29.3 Å². The van der Waals surface area contributed by atoms with Crippen molar-refractivity contribution in [3.8, 4) is 11.4 Å². The molecule has 0 aliphatic heterocycles. The van der Waals surface area contributed by atoms with Crippen LogP contribution in [0.4, 0.5) is 0 Å². The number of carbonyl (C=O) groups is 1. The third-order valence-electron chi connectivity index (χ3n) is 4.12. The van der Waals surface area contributed by atoms with Gasteiger partial charge in [-0.25, -0.2) is 0 Å². The van der Waals surface area contributed by atoms with Gasteiger partial charge in [0.25, 0.3) is 0 Å². The van der Waals surface area contributed by atoms with Gasteiger partial charge in [0, 0.05) is 23.7 Å². The average molecular weight is 413 g/mol. The maximum Gasteiger partial charge on any atom is 0.233 e. The van der Waals surface area contributed by atoms with Gasteiger partial charge in [-0.15, -0.1) is 16.8 Å². The fraction of sp³-hybridized carbons (Fsp3) is 0.190. The van der Waals surface area contributed by atoms with Crippen LogP contribution >= 0.6 is 23.4 Å². The number of nitrogens with one attached hydrogen (secondary N) is 1. The highest BCUT2D eigenvalue weighted by molar-refractivity contribution is 8.00. The Labute approximate surface area is 173 Å². The zero-order valence-electron chi connectivity index (χ0n) is 15.5. The quantitative estimate of drug-likeness (QED) is 0.434. The van der Waals surface area contributed by atoms with Crippen molar-refractivity contribution in [3.05, 3.63) is 77.8 Å². The van der Waals surface area contributed by atoms with Crippen LogP contribution in [0, 0.1) is 0 Å². The van der Waals surface area contributed by atoms with E-state index in [1.807, 2.05) is 66.1 Å². The van der Waals surface area contributed by atoms with Gasteiger partial charge in [0.1, 0.15) is 0 Å². The normalized spacial score (nSPS) is 11.8. The number of nitrogens with zero attached hydrogens (tertiary/aromatic N) is 3. The molecule has 1 atom stereocenters. The highest BCUT2D eigenvalue weighted by atomic mass is 35.5. The first-order chi connectivity index (χ1) is 13.6. The van der Waals surface area contributed by atoms with Gasteiger partial charge >= 0.3 is 0 Å². The Morgan fingerprint density at radius 1 is 1.21 bits per heavy atom. The Kier molecular flexibility index (Phi) is 6.90. The molecule has 5 nitrogen and oxygen atoms in total. The maximum atomic E-state index is 12.5. The van der Waals surface area contributed by atoms with Crippen molar-refractivity contribution < 1.29 is 4.79 Å². The third-order valence-corrected chi connectivity index (χ3v) is 5.57. The molecule has 0 spiro atoms. The van der Waals surface area contributed by atoms with Crippen LogP contribution in [0.15, 0.2) is 72.4 Å². The first kappa shape index (κ1) is 20.2. The predicted octanol–water partition coefficient (Wildman–Crippen LogP) is 4.58. The van der Waals surface area contributed by atoms with Crippen LogP contribution in [0.2, 0.25) is 5.02 Å². The summed E-state index contributed by atoms with van der Waals surface area (Å²) in [5, 5.41) is 12.5. The fourth-order valence-corrected chi connectivity index (χ4v) is 3.74. The van der Waals surface area contributed by atoms with Gasteiger partial charge in [0.2, 0.25) is 5.91 Å². The zero-order valence-corrected chi connectivity index (χ0v) is 17.1. The molecule has 1 N–H and O–H groups in total. The topological polar surface area (TPSA) is 59.8 Å². The van der Waals surface area contributed by atoms with Gasteiger partial charge in [-0.05, 0) is 18.6 Å². The van der Waals surface area contributed by atoms with E-state index in [1.165, 1.54) is 11.8 Å². The van der Waals surface area contributed by atoms with Crippen molar-refractivity contribution in [2.24, 2.45) is 0 Å². The molecule has 0 saturated carbocycles. The lowest BCUT2D eigenvalue weighted by Gasteiger charge is -2.13. The van der Waals surface area contributed by atoms with Crippen molar-refractivity contribution in [2.45, 2.75) is 30.4 Å². The van der Waals surface area contributed by atoms with E-state index in [-0.39, 0.29) is 11.2 Å². The van der Waals surface area contributed by atoms with Gasteiger partial charge in [-0.1, -0.05) is 78.0 Å². The van der Waals surface area contributed by atoms with Crippen molar-refractivity contribution in [1.29, 1.82) is 0 Å². The predicted molar refractivity (Wildman–Crippen MR) is 114 cm³/mol. The van der Waals surface area contributed by atoms with Gasteiger partial charge in [-0.2, -0.15) is 0 Å². The molecule has 1 aromatic heterocycles. The molecule has 0 fully saturated rings. The highest BCUT2D eigenvalue weighted by Gasteiger charge is 2.20. The van der Waals surface area contributed by atoms with Gasteiger partial charge in [-0.3, -0.25) is 9.36 Å². The lowest BCUT2D eigenvalue weighted by molar-refractivity contribution is -0.120. The van der Waals surface area contributed by atoms with Crippen LogP contribution < -0.4 is 5.32 Å². The van der Waals surface area contributed by atoms with Crippen molar-refractivity contribution in [2.75, 3.05) is 0 Å². The van der Waals surface area contributed by atoms with E-state index < -0.39 is 0 Å². The van der Waals surface area contributed by atoms with E-state index in [0.29, 0.717) is 23.3 Å². The van der Waals surface area contributed by atoms with Crippen LogP contribution in [-0.2, 0) is 17.9 Å². The number of aromatic nitrogens is 3. The molecule has 3 aromatic rings. The Hall–Kier alpha value is -2.57. The summed E-state index contributed by atoms with van der Waals surface area (Å²) in [7, 11) is 0. The third kappa shape index (κ3) is 4.82. The smallest absolute Gasteiger partial charge is 0.233 e. The molecule has 144 valence electrons. The fourth-order valence-electron chi connectivity index (χ4n) is 2.65. The second kappa shape index (κ2) is 9.57. The van der Waals surface area contributed by atoms with Crippen LogP contribution in [-0.4, -0.2) is 25.9 Å². The number of hydrogen-bond donors (Lipinski definition) is 1. The summed E-state index contributed by atoms with van der Waals surface area (Å²) in [6.45, 7) is 6.62. The molecule has 0 bridgehead atoms. The standard InChI is InChI=1S/C21H21ClN4OS/c1-3-13-26-19(16-9-5-4-6-10-16)24-25-21(26)28-15(2)20(27)23-14-17-11-7-8-12-18(17)22/h3-12,15H,1,13-14H2,2H3,(H,23,27)/t15-/m0/s1. The molecule has 0 aliphatic carbocycles. The van der Waals surface area contributed by atoms with Gasteiger partial charge < -0.3 is 5.32 Å². The van der Waals surface area contributed by atoms with Crippen molar-refractivity contribution in [1.82, 2.24) is 20.1 Å². The van der Waals surface area contributed by atoms with Crippen LogP contribution in [0.1, 0.15) is 12.5 Å². The lowest BCUT2D eigenvalue weighted by atomic mass is 10.2. The number of halogens is 1. The molecule has 3 rings (SSSR count). The molecule has 0 unspecified atom stereocenters. The average Bonchev–Trinajstić information content (AvgIpc) is 3.10. The monoisotopic (exact) mass is 412 g/mol. The number of benzene rings is 2. The maximum absolute atomic E-state index is 12.5. The first-order valence-electron chi connectivity index (χ1n) is 8.87. The first-order valence-corrected chi connectivity index (χ1v) is 10.1. The summed E-state index contributed by atoms with van der Waals surface area (Å²) >= 11 is 7.52. The Morgan fingerprint density at radius 2 is 1.93 bits per heavy atom. The summed E-state index contributed by atoms with van der Waals surface area (Å²) in [6.07, 6.45) is 1.79. The van der Waals surface area contributed by atoms with Gasteiger partial charge in [0.05, 0.1) is 5.25 Å². The van der Waals surface area contributed by atoms with E-state index in [9.17, 15) is 4.79 Å². The number of rotatable bonds is 8. The largest absolute Gasteiger partial charge is 0.351 e. The van der Waals surface area contributed by atoms with E-state index in [1.54, 1.807) is 6.08 Å². The molecular formula is C21H21ClN4OS. The molecule has 2 aromatic carbocycles. The highest BCUT2D eigenvalue weighted by Crippen LogP contribution is 2.27. The summed E-state index contributed by atoms with van der Waals surface area (Å²) in [5.41, 5.74) is 1.86. The minimum absolute atomic E-state index is 0.0840. The molecule has 1 amide bonds. The molecular weight excluding hydrogens is 392 g/mol. The molecule has 28 heavy (non-hydrogen) atoms. The second-order valence-electron chi connectivity index (χ2n) is 6.14. The molecule has 0 saturated heterocycles. The molecule has 7 heteroatoms. The van der Waals surface area contributed by atoms with Crippen LogP contribution in [0.5, 0.6) is 0 Å². The Bertz CT molecular complexity index is 958. The number of thioether (sulfide) groups is 1. The zero-order chi connectivity index (χ0) is 19.9. The van der Waals surface area contributed by atoms with E-state index in [0.717, 1.165) is 17.0 Å². The molecule has 1 heterocycles. The van der Waals surface area contributed by atoms with E-state index >= 15 is 0 Å². The number of allylic oxidation sites excluding steroid dienone is 1. The van der Waals surface area contributed by atoms with Crippen LogP contribution in [0.25, 0.3) is 11.4 Å². The summed E-state index contributed by atoms with van der Waals surface area (Å²) in [5.74, 6) is 0.672. The summed E-state index contributed by atoms with van der Waals surface area (Å²) in [4.78, 5) is 12.5. The molecule has 0 aliphatic rings. The van der Waals surface area contributed by atoms with E-state index in [2.05, 4.69) is 22.1 Å². The Balaban J connectivity index is 1.70.